The molecule has 2 saturated heterocycles. The van der Waals surface area contributed by atoms with Crippen molar-refractivity contribution in [3.05, 3.63) is 25.3 Å². The van der Waals surface area contributed by atoms with Crippen LogP contribution < -0.4 is 0 Å². The summed E-state index contributed by atoms with van der Waals surface area (Å²) in [5, 5.41) is 0. The first-order valence-corrected chi connectivity index (χ1v) is 7.72. The Balaban J connectivity index is 2.19. The van der Waals surface area contributed by atoms with Gasteiger partial charge in [-0.05, 0) is 12.8 Å². The number of ether oxygens (including phenoxy) is 2. The van der Waals surface area contributed by atoms with Crippen LogP contribution in [0.1, 0.15) is 12.8 Å². The van der Waals surface area contributed by atoms with E-state index in [9.17, 15) is 9.59 Å². The Kier molecular flexibility index (Phi) is 6.15. The van der Waals surface area contributed by atoms with Gasteiger partial charge in [-0.1, -0.05) is 12.2 Å². The number of nitrogens with zero attached hydrogens (tertiary/aromatic N) is 2. The number of morpholine rings is 2. The van der Waals surface area contributed by atoms with E-state index in [-0.39, 0.29) is 11.9 Å². The number of hydrogen-bond donors (Lipinski definition) is 0. The van der Waals surface area contributed by atoms with Crippen LogP contribution in [0.25, 0.3) is 0 Å². The molecule has 6 nitrogen and oxygen atoms in total. The number of hydrogen-bond acceptors (Lipinski definition) is 6. The second-order valence-electron chi connectivity index (χ2n) is 5.45. The van der Waals surface area contributed by atoms with Crippen molar-refractivity contribution < 1.29 is 19.1 Å². The summed E-state index contributed by atoms with van der Waals surface area (Å²) < 4.78 is 10.4. The molecule has 0 aliphatic carbocycles. The van der Waals surface area contributed by atoms with Crippen molar-refractivity contribution in [2.75, 3.05) is 39.4 Å². The fourth-order valence-corrected chi connectivity index (χ4v) is 2.95. The molecule has 0 aromatic carbocycles. The molecule has 22 heavy (non-hydrogen) atoms. The van der Waals surface area contributed by atoms with Gasteiger partial charge in [0, 0.05) is 26.2 Å². The van der Waals surface area contributed by atoms with Gasteiger partial charge in [-0.3, -0.25) is 19.4 Å². The van der Waals surface area contributed by atoms with Crippen molar-refractivity contribution in [1.82, 2.24) is 9.80 Å². The summed E-state index contributed by atoms with van der Waals surface area (Å²) in [5.74, 6) is -0.689. The molecule has 2 aliphatic heterocycles. The molecule has 2 rings (SSSR count). The minimum Gasteiger partial charge on any atom is -0.463 e. The van der Waals surface area contributed by atoms with Crippen molar-refractivity contribution in [3.63, 3.8) is 0 Å². The molecule has 0 amide bonds. The van der Waals surface area contributed by atoms with E-state index in [0.717, 1.165) is 12.8 Å². The lowest BCUT2D eigenvalue weighted by Crippen LogP contribution is -2.64. The highest BCUT2D eigenvalue weighted by molar-refractivity contribution is 5.88. The quantitative estimate of drug-likeness (QED) is 0.507. The molecule has 2 unspecified atom stereocenters. The van der Waals surface area contributed by atoms with Gasteiger partial charge in [-0.25, -0.2) is 0 Å². The summed E-state index contributed by atoms with van der Waals surface area (Å²) in [5.41, 5.74) is 0. The zero-order chi connectivity index (χ0) is 15.9. The minimum atomic E-state index is -0.605. The van der Waals surface area contributed by atoms with E-state index in [1.54, 1.807) is 0 Å². The third-order valence-corrected chi connectivity index (χ3v) is 4.06. The van der Waals surface area contributed by atoms with Gasteiger partial charge in [0.25, 0.3) is 0 Å². The molecule has 6 heteroatoms. The molecule has 2 atom stereocenters. The molecule has 0 aromatic heterocycles. The molecular weight excluding hydrogens is 284 g/mol. The molecule has 0 radical (unpaired) electrons. The van der Waals surface area contributed by atoms with E-state index in [1.807, 2.05) is 22.0 Å². The van der Waals surface area contributed by atoms with Gasteiger partial charge in [-0.2, -0.15) is 0 Å². The highest BCUT2D eigenvalue weighted by atomic mass is 16.5. The van der Waals surface area contributed by atoms with Gasteiger partial charge in [-0.15, -0.1) is 13.2 Å². The van der Waals surface area contributed by atoms with Gasteiger partial charge in [0.1, 0.15) is 25.3 Å². The zero-order valence-electron chi connectivity index (χ0n) is 12.9. The van der Waals surface area contributed by atoms with Crippen molar-refractivity contribution >= 4 is 11.9 Å². The first-order chi connectivity index (χ1) is 10.7. The highest BCUT2D eigenvalue weighted by Gasteiger charge is 2.46. The molecule has 2 fully saturated rings. The third-order valence-electron chi connectivity index (χ3n) is 4.06. The molecule has 0 saturated carbocycles. The zero-order valence-corrected chi connectivity index (χ0v) is 12.9. The standard InChI is InChI=1S/C16H24N2O4/c1-3-5-7-17-9-11-21-15(19)13(17)14-16(20)22-12-10-18(14)8-6-4-2/h3-4,13-14H,1-2,5-12H2. The topological polar surface area (TPSA) is 59.1 Å². The van der Waals surface area contributed by atoms with Crippen molar-refractivity contribution in [2.24, 2.45) is 0 Å². The van der Waals surface area contributed by atoms with Crippen LogP contribution in [0, 0.1) is 0 Å². The first kappa shape index (κ1) is 16.7. The fourth-order valence-electron chi connectivity index (χ4n) is 2.95. The monoisotopic (exact) mass is 308 g/mol. The summed E-state index contributed by atoms with van der Waals surface area (Å²) >= 11 is 0. The van der Waals surface area contributed by atoms with Gasteiger partial charge < -0.3 is 9.47 Å². The average molecular weight is 308 g/mol. The maximum atomic E-state index is 12.3. The maximum Gasteiger partial charge on any atom is 0.325 e. The van der Waals surface area contributed by atoms with E-state index in [2.05, 4.69) is 13.2 Å². The predicted octanol–water partition coefficient (Wildman–Crippen LogP) is 0.593. The Morgan fingerprint density at radius 2 is 1.32 bits per heavy atom. The third kappa shape index (κ3) is 3.75. The first-order valence-electron chi connectivity index (χ1n) is 7.72. The van der Waals surface area contributed by atoms with E-state index in [0.29, 0.717) is 39.4 Å². The SMILES string of the molecule is C=CCCN1CCOC(=O)C1C1C(=O)OCCN1CCC=C. The smallest absolute Gasteiger partial charge is 0.325 e. The van der Waals surface area contributed by atoms with E-state index < -0.39 is 12.1 Å². The summed E-state index contributed by atoms with van der Waals surface area (Å²) in [7, 11) is 0. The van der Waals surface area contributed by atoms with Gasteiger partial charge >= 0.3 is 11.9 Å². The fraction of sp³-hybridized carbons (Fsp3) is 0.625. The summed E-state index contributed by atoms with van der Waals surface area (Å²) in [6.07, 6.45) is 5.15. The Labute approximate surface area is 131 Å². The summed E-state index contributed by atoms with van der Waals surface area (Å²) in [4.78, 5) is 28.6. The normalized spacial score (nSPS) is 27.1. The van der Waals surface area contributed by atoms with Gasteiger partial charge in [0.2, 0.25) is 0 Å². The van der Waals surface area contributed by atoms with Crippen LogP contribution in [0.5, 0.6) is 0 Å². The van der Waals surface area contributed by atoms with Crippen LogP contribution in [0.2, 0.25) is 0 Å². The Morgan fingerprint density at radius 1 is 0.909 bits per heavy atom. The molecular formula is C16H24N2O4. The Bertz CT molecular complexity index is 398. The number of carbonyl (C=O) groups excluding carboxylic acids is 2. The summed E-state index contributed by atoms with van der Waals surface area (Å²) in [6.45, 7) is 10.8. The minimum absolute atomic E-state index is 0.345. The van der Waals surface area contributed by atoms with Gasteiger partial charge in [0.05, 0.1) is 0 Å². The number of carbonyl (C=O) groups is 2. The van der Waals surface area contributed by atoms with Crippen LogP contribution in [0.4, 0.5) is 0 Å². The molecule has 0 spiro atoms. The van der Waals surface area contributed by atoms with Crippen LogP contribution in [-0.2, 0) is 19.1 Å². The lowest BCUT2D eigenvalue weighted by atomic mass is 10.0. The number of rotatable bonds is 7. The van der Waals surface area contributed by atoms with Crippen LogP contribution in [0.3, 0.4) is 0 Å². The predicted molar refractivity (Wildman–Crippen MR) is 82.3 cm³/mol. The maximum absolute atomic E-state index is 12.3. The lowest BCUT2D eigenvalue weighted by molar-refractivity contribution is -0.176. The van der Waals surface area contributed by atoms with Crippen molar-refractivity contribution in [1.29, 1.82) is 0 Å². The largest absolute Gasteiger partial charge is 0.463 e. The molecule has 2 heterocycles. The van der Waals surface area contributed by atoms with E-state index in [4.69, 9.17) is 9.47 Å². The van der Waals surface area contributed by atoms with Crippen LogP contribution >= 0.6 is 0 Å². The van der Waals surface area contributed by atoms with E-state index in [1.165, 1.54) is 0 Å². The molecule has 0 N–H and O–H groups in total. The van der Waals surface area contributed by atoms with Crippen molar-refractivity contribution in [3.8, 4) is 0 Å². The van der Waals surface area contributed by atoms with Gasteiger partial charge in [0.15, 0.2) is 0 Å². The second-order valence-corrected chi connectivity index (χ2v) is 5.45. The average Bonchev–Trinajstić information content (AvgIpc) is 2.52. The van der Waals surface area contributed by atoms with Crippen LogP contribution in [0.15, 0.2) is 25.3 Å². The number of esters is 2. The molecule has 0 bridgehead atoms. The van der Waals surface area contributed by atoms with Crippen LogP contribution in [-0.4, -0.2) is 73.2 Å². The Hall–Kier alpha value is -1.66. The lowest BCUT2D eigenvalue weighted by Gasteiger charge is -2.43. The highest BCUT2D eigenvalue weighted by Crippen LogP contribution is 2.21. The second kappa shape index (κ2) is 8.10. The molecule has 122 valence electrons. The number of cyclic esters (lactones) is 2. The summed E-state index contributed by atoms with van der Waals surface area (Å²) in [6, 6.07) is -1.21. The van der Waals surface area contributed by atoms with E-state index >= 15 is 0 Å². The molecule has 0 aromatic rings. The van der Waals surface area contributed by atoms with Crippen molar-refractivity contribution in [2.45, 2.75) is 24.9 Å². The Morgan fingerprint density at radius 3 is 1.68 bits per heavy atom. The molecule has 2 aliphatic rings.